The summed E-state index contributed by atoms with van der Waals surface area (Å²) in [5.41, 5.74) is 1.37. The quantitative estimate of drug-likeness (QED) is 0.448. The van der Waals surface area contributed by atoms with E-state index in [0.29, 0.717) is 34.5 Å². The monoisotopic (exact) mass is 410 g/mol. The summed E-state index contributed by atoms with van der Waals surface area (Å²) in [4.78, 5) is 8.67. The molecule has 0 saturated carbocycles. The fourth-order valence-electron chi connectivity index (χ4n) is 2.81. The van der Waals surface area contributed by atoms with Gasteiger partial charge in [0.2, 0.25) is 17.4 Å². The molecule has 2 heterocycles. The van der Waals surface area contributed by atoms with E-state index < -0.39 is 0 Å². The molecule has 30 heavy (non-hydrogen) atoms. The molecule has 10 nitrogen and oxygen atoms in total. The lowest BCUT2D eigenvalue weighted by atomic mass is 10.1. The maximum absolute atomic E-state index is 5.36. The van der Waals surface area contributed by atoms with Crippen LogP contribution in [0.2, 0.25) is 0 Å². The van der Waals surface area contributed by atoms with Gasteiger partial charge in [-0.15, -0.1) is 0 Å². The highest BCUT2D eigenvalue weighted by molar-refractivity contribution is 5.67. The Hall–Kier alpha value is -4.08. The third-order valence-corrected chi connectivity index (χ3v) is 4.31. The fourth-order valence-corrected chi connectivity index (χ4v) is 2.81. The minimum atomic E-state index is 0.0889. The molecule has 2 aromatic carbocycles. The van der Waals surface area contributed by atoms with Crippen LogP contribution in [-0.2, 0) is 0 Å². The highest BCUT2D eigenvalue weighted by Gasteiger charge is 2.21. The Labute approximate surface area is 171 Å². The second kappa shape index (κ2) is 8.11. The molecule has 2 aromatic heterocycles. The van der Waals surface area contributed by atoms with Gasteiger partial charge in [0.05, 0.1) is 28.4 Å². The van der Waals surface area contributed by atoms with Gasteiger partial charge in [0.1, 0.15) is 5.75 Å². The molecule has 0 spiro atoms. The Morgan fingerprint density at radius 2 is 1.17 bits per heavy atom. The van der Waals surface area contributed by atoms with Crippen LogP contribution in [-0.4, -0.2) is 48.7 Å². The zero-order chi connectivity index (χ0) is 21.1. The summed E-state index contributed by atoms with van der Waals surface area (Å²) in [5, 5.41) is 7.96. The van der Waals surface area contributed by atoms with E-state index in [0.717, 1.165) is 11.3 Å². The molecule has 0 aliphatic rings. The minimum absolute atomic E-state index is 0.0889. The van der Waals surface area contributed by atoms with Crippen molar-refractivity contribution in [2.24, 2.45) is 0 Å². The van der Waals surface area contributed by atoms with E-state index in [4.69, 9.17) is 28.0 Å². The van der Waals surface area contributed by atoms with Crippen molar-refractivity contribution in [3.63, 3.8) is 0 Å². The highest BCUT2D eigenvalue weighted by Crippen LogP contribution is 2.40. The van der Waals surface area contributed by atoms with Gasteiger partial charge in [0.15, 0.2) is 11.5 Å². The predicted molar refractivity (Wildman–Crippen MR) is 105 cm³/mol. The summed E-state index contributed by atoms with van der Waals surface area (Å²) in [6.45, 7) is 0. The van der Waals surface area contributed by atoms with Crippen LogP contribution in [0, 0.1) is 0 Å². The molecule has 0 aliphatic heterocycles. The van der Waals surface area contributed by atoms with Crippen molar-refractivity contribution >= 4 is 0 Å². The van der Waals surface area contributed by atoms with Gasteiger partial charge in [0, 0.05) is 11.1 Å². The number of nitrogens with zero attached hydrogens (tertiary/aromatic N) is 4. The van der Waals surface area contributed by atoms with E-state index >= 15 is 0 Å². The SMILES string of the molecule is COc1ccc(-c2noc(-c3nc(-c4cc(OC)c(OC)c(OC)c4)no3)n2)cc1. The molecule has 0 atom stereocenters. The Kier molecular flexibility index (Phi) is 5.21. The third-order valence-electron chi connectivity index (χ3n) is 4.31. The van der Waals surface area contributed by atoms with E-state index in [1.165, 1.54) is 21.3 Å². The normalized spacial score (nSPS) is 10.7. The Bertz CT molecular complexity index is 1130. The van der Waals surface area contributed by atoms with Crippen molar-refractivity contribution in [1.82, 2.24) is 20.3 Å². The molecule has 10 heteroatoms. The van der Waals surface area contributed by atoms with E-state index in [1.54, 1.807) is 31.4 Å². The number of hydrogen-bond donors (Lipinski definition) is 0. The van der Waals surface area contributed by atoms with Gasteiger partial charge in [0.25, 0.3) is 0 Å². The number of benzene rings is 2. The molecular formula is C20H18N4O6. The maximum Gasteiger partial charge on any atom is 0.316 e. The summed E-state index contributed by atoms with van der Waals surface area (Å²) in [7, 11) is 6.19. The van der Waals surface area contributed by atoms with Crippen molar-refractivity contribution in [1.29, 1.82) is 0 Å². The smallest absolute Gasteiger partial charge is 0.316 e. The molecule has 0 unspecified atom stereocenters. The first-order chi connectivity index (χ1) is 14.7. The third kappa shape index (κ3) is 3.50. The van der Waals surface area contributed by atoms with Crippen LogP contribution < -0.4 is 18.9 Å². The largest absolute Gasteiger partial charge is 0.497 e. The zero-order valence-electron chi connectivity index (χ0n) is 16.7. The molecule has 4 aromatic rings. The summed E-state index contributed by atoms with van der Waals surface area (Å²) in [6.07, 6.45) is 0. The van der Waals surface area contributed by atoms with Gasteiger partial charge in [-0.3, -0.25) is 0 Å². The summed E-state index contributed by atoms with van der Waals surface area (Å²) in [5.74, 6) is 3.02. The van der Waals surface area contributed by atoms with Crippen molar-refractivity contribution in [3.05, 3.63) is 36.4 Å². The fraction of sp³-hybridized carbons (Fsp3) is 0.200. The van der Waals surface area contributed by atoms with Gasteiger partial charge in [-0.2, -0.15) is 9.97 Å². The van der Waals surface area contributed by atoms with Crippen LogP contribution in [0.3, 0.4) is 0 Å². The number of ether oxygens (including phenoxy) is 4. The summed E-state index contributed by atoms with van der Waals surface area (Å²) < 4.78 is 31.8. The molecular weight excluding hydrogens is 392 g/mol. The van der Waals surface area contributed by atoms with Gasteiger partial charge < -0.3 is 28.0 Å². The van der Waals surface area contributed by atoms with Crippen LogP contribution in [0.25, 0.3) is 34.6 Å². The molecule has 0 aliphatic carbocycles. The Morgan fingerprint density at radius 1 is 0.633 bits per heavy atom. The average molecular weight is 410 g/mol. The van der Waals surface area contributed by atoms with E-state index in [2.05, 4.69) is 20.3 Å². The lowest BCUT2D eigenvalue weighted by Gasteiger charge is -2.12. The van der Waals surface area contributed by atoms with Gasteiger partial charge in [-0.25, -0.2) is 0 Å². The molecule has 0 N–H and O–H groups in total. The van der Waals surface area contributed by atoms with E-state index in [-0.39, 0.29) is 11.8 Å². The summed E-state index contributed by atoms with van der Waals surface area (Å²) in [6, 6.07) is 10.7. The molecule has 154 valence electrons. The second-order valence-electron chi connectivity index (χ2n) is 5.99. The standard InChI is InChI=1S/C20H18N4O6/c1-25-13-7-5-11(6-8-13)17-21-19(29-23-17)20-22-18(24-30-20)12-9-14(26-2)16(28-4)15(10-12)27-3/h5-10H,1-4H3. The molecule has 4 rings (SSSR count). The number of aromatic nitrogens is 4. The van der Waals surface area contributed by atoms with Crippen LogP contribution in [0.5, 0.6) is 23.0 Å². The lowest BCUT2D eigenvalue weighted by Crippen LogP contribution is -1.96. The second-order valence-corrected chi connectivity index (χ2v) is 5.99. The van der Waals surface area contributed by atoms with Crippen LogP contribution in [0.4, 0.5) is 0 Å². The predicted octanol–water partition coefficient (Wildman–Crippen LogP) is 3.49. The minimum Gasteiger partial charge on any atom is -0.497 e. The molecule has 0 radical (unpaired) electrons. The van der Waals surface area contributed by atoms with Crippen molar-refractivity contribution in [3.8, 4) is 57.6 Å². The van der Waals surface area contributed by atoms with Gasteiger partial charge in [-0.05, 0) is 36.4 Å². The average Bonchev–Trinajstić information content (AvgIpc) is 3.48. The van der Waals surface area contributed by atoms with Crippen molar-refractivity contribution in [2.45, 2.75) is 0 Å². The van der Waals surface area contributed by atoms with Crippen LogP contribution in [0.15, 0.2) is 45.4 Å². The molecule has 0 bridgehead atoms. The van der Waals surface area contributed by atoms with Crippen LogP contribution >= 0.6 is 0 Å². The van der Waals surface area contributed by atoms with Gasteiger partial charge in [-0.1, -0.05) is 10.3 Å². The van der Waals surface area contributed by atoms with E-state index in [9.17, 15) is 0 Å². The zero-order valence-corrected chi connectivity index (χ0v) is 16.7. The Balaban J connectivity index is 1.64. The van der Waals surface area contributed by atoms with E-state index in [1.807, 2.05) is 12.1 Å². The topological polar surface area (TPSA) is 115 Å². The first-order valence-corrected chi connectivity index (χ1v) is 8.79. The lowest BCUT2D eigenvalue weighted by molar-refractivity contribution is 0.324. The number of rotatable bonds is 7. The molecule has 0 fully saturated rings. The van der Waals surface area contributed by atoms with Crippen LogP contribution in [0.1, 0.15) is 0 Å². The number of methoxy groups -OCH3 is 4. The summed E-state index contributed by atoms with van der Waals surface area (Å²) >= 11 is 0. The molecule has 0 amide bonds. The highest BCUT2D eigenvalue weighted by atomic mass is 16.5. The maximum atomic E-state index is 5.36. The first kappa shape index (κ1) is 19.2. The molecule has 0 saturated heterocycles. The number of hydrogen-bond acceptors (Lipinski definition) is 10. The van der Waals surface area contributed by atoms with Crippen molar-refractivity contribution < 1.29 is 28.0 Å². The van der Waals surface area contributed by atoms with Crippen molar-refractivity contribution in [2.75, 3.05) is 28.4 Å². The Morgan fingerprint density at radius 3 is 1.63 bits per heavy atom. The van der Waals surface area contributed by atoms with Gasteiger partial charge >= 0.3 is 11.8 Å². The first-order valence-electron chi connectivity index (χ1n) is 8.79.